The van der Waals surface area contributed by atoms with Gasteiger partial charge >= 0.3 is 0 Å². The molecule has 0 N–H and O–H groups in total. The van der Waals surface area contributed by atoms with Crippen molar-refractivity contribution in [2.45, 2.75) is 25.4 Å². The zero-order valence-corrected chi connectivity index (χ0v) is 19.0. The minimum atomic E-state index is -0.927. The molecular weight excluding hydrogens is 424 g/mol. The standard InChI is InChI=1S/C22H31ClN2O6/c1-17-13-18(3-4-19(17)23)30-16-22(14-21(27)24-6-10-29-11-7-24)15-25(8-12-31-22)20(26)5-9-28-2/h3-4,13H,5-12,14-16H2,1-2H3/t22-/m0/s1. The summed E-state index contributed by atoms with van der Waals surface area (Å²) >= 11 is 6.11. The molecule has 2 aliphatic rings. The van der Waals surface area contributed by atoms with Crippen LogP contribution in [-0.2, 0) is 23.8 Å². The van der Waals surface area contributed by atoms with Gasteiger partial charge in [-0.25, -0.2) is 0 Å². The summed E-state index contributed by atoms with van der Waals surface area (Å²) in [6.07, 6.45) is 0.425. The maximum atomic E-state index is 13.0. The quantitative estimate of drug-likeness (QED) is 0.597. The summed E-state index contributed by atoms with van der Waals surface area (Å²) in [5, 5.41) is 0.661. The summed E-state index contributed by atoms with van der Waals surface area (Å²) in [6.45, 7) is 5.70. The van der Waals surface area contributed by atoms with Gasteiger partial charge in [0.15, 0.2) is 0 Å². The number of carbonyl (C=O) groups is 2. The van der Waals surface area contributed by atoms with E-state index in [2.05, 4.69) is 0 Å². The first kappa shape index (κ1) is 23.8. The highest BCUT2D eigenvalue weighted by Gasteiger charge is 2.42. The summed E-state index contributed by atoms with van der Waals surface area (Å²) in [6, 6.07) is 5.42. The molecule has 2 saturated heterocycles. The van der Waals surface area contributed by atoms with E-state index in [1.165, 1.54) is 0 Å². The molecule has 31 heavy (non-hydrogen) atoms. The van der Waals surface area contributed by atoms with Crippen LogP contribution < -0.4 is 4.74 Å². The van der Waals surface area contributed by atoms with Gasteiger partial charge in [-0.3, -0.25) is 9.59 Å². The van der Waals surface area contributed by atoms with Gasteiger partial charge in [-0.1, -0.05) is 11.6 Å². The molecule has 0 radical (unpaired) electrons. The highest BCUT2D eigenvalue weighted by molar-refractivity contribution is 6.31. The third kappa shape index (κ3) is 6.55. The summed E-state index contributed by atoms with van der Waals surface area (Å²) in [7, 11) is 1.57. The van der Waals surface area contributed by atoms with Crippen LogP contribution in [0.1, 0.15) is 18.4 Å². The third-order valence-corrected chi connectivity index (χ3v) is 6.01. The Morgan fingerprint density at radius 2 is 1.87 bits per heavy atom. The molecule has 3 rings (SSSR count). The first-order valence-electron chi connectivity index (χ1n) is 10.6. The number of halogens is 1. The van der Waals surface area contributed by atoms with E-state index in [1.807, 2.05) is 13.0 Å². The molecule has 9 heteroatoms. The second kappa shape index (κ2) is 11.1. The van der Waals surface area contributed by atoms with Crippen molar-refractivity contribution in [1.82, 2.24) is 9.80 Å². The molecule has 0 unspecified atom stereocenters. The van der Waals surface area contributed by atoms with Crippen molar-refractivity contribution in [3.63, 3.8) is 0 Å². The number of benzene rings is 1. The molecule has 2 heterocycles. The molecule has 0 saturated carbocycles. The molecule has 0 bridgehead atoms. The summed E-state index contributed by atoms with van der Waals surface area (Å²) in [5.41, 5.74) is -0.0252. The van der Waals surface area contributed by atoms with E-state index >= 15 is 0 Å². The number of hydrogen-bond donors (Lipinski definition) is 0. The predicted octanol–water partition coefficient (Wildman–Crippen LogP) is 1.91. The Labute approximate surface area is 188 Å². The van der Waals surface area contributed by atoms with Crippen LogP contribution in [-0.4, -0.2) is 93.5 Å². The fraction of sp³-hybridized carbons (Fsp3) is 0.636. The second-order valence-electron chi connectivity index (χ2n) is 7.96. The van der Waals surface area contributed by atoms with Gasteiger partial charge in [0, 0.05) is 31.8 Å². The molecule has 0 spiro atoms. The highest BCUT2D eigenvalue weighted by Crippen LogP contribution is 2.27. The molecule has 1 aromatic rings. The normalized spacial score (nSPS) is 21.8. The van der Waals surface area contributed by atoms with Gasteiger partial charge in [-0.05, 0) is 30.7 Å². The predicted molar refractivity (Wildman–Crippen MR) is 115 cm³/mol. The van der Waals surface area contributed by atoms with E-state index in [0.29, 0.717) is 63.3 Å². The van der Waals surface area contributed by atoms with Crippen LogP contribution in [0.2, 0.25) is 5.02 Å². The maximum Gasteiger partial charge on any atom is 0.225 e. The number of morpholine rings is 2. The maximum absolute atomic E-state index is 13.0. The molecule has 2 aliphatic heterocycles. The SMILES string of the molecule is COCCC(=O)N1CCO[C@@](COc2ccc(Cl)c(C)c2)(CC(=O)N2CCOCC2)C1. The molecule has 1 aromatic carbocycles. The van der Waals surface area contributed by atoms with Crippen molar-refractivity contribution >= 4 is 23.4 Å². The zero-order chi connectivity index (χ0) is 22.3. The van der Waals surface area contributed by atoms with Gasteiger partial charge in [-0.2, -0.15) is 0 Å². The lowest BCUT2D eigenvalue weighted by atomic mass is 9.96. The van der Waals surface area contributed by atoms with Gasteiger partial charge in [0.1, 0.15) is 18.0 Å². The molecule has 0 aliphatic carbocycles. The molecule has 1 atom stereocenters. The smallest absolute Gasteiger partial charge is 0.225 e. The van der Waals surface area contributed by atoms with E-state index < -0.39 is 5.60 Å². The van der Waals surface area contributed by atoms with Gasteiger partial charge in [0.2, 0.25) is 11.8 Å². The lowest BCUT2D eigenvalue weighted by Crippen LogP contribution is -2.58. The highest BCUT2D eigenvalue weighted by atomic mass is 35.5. The van der Waals surface area contributed by atoms with Crippen LogP contribution in [0.3, 0.4) is 0 Å². The van der Waals surface area contributed by atoms with Crippen LogP contribution in [0.25, 0.3) is 0 Å². The minimum absolute atomic E-state index is 0.0179. The van der Waals surface area contributed by atoms with Crippen molar-refractivity contribution in [2.24, 2.45) is 0 Å². The first-order valence-corrected chi connectivity index (χ1v) is 11.0. The molecule has 172 valence electrons. The average molecular weight is 455 g/mol. The van der Waals surface area contributed by atoms with Crippen molar-refractivity contribution < 1.29 is 28.5 Å². The van der Waals surface area contributed by atoms with Gasteiger partial charge in [-0.15, -0.1) is 0 Å². The summed E-state index contributed by atoms with van der Waals surface area (Å²) < 4.78 is 22.6. The number of nitrogens with zero attached hydrogens (tertiary/aromatic N) is 2. The van der Waals surface area contributed by atoms with E-state index in [9.17, 15) is 9.59 Å². The lowest BCUT2D eigenvalue weighted by Gasteiger charge is -2.43. The average Bonchev–Trinajstić information content (AvgIpc) is 2.79. The number of hydrogen-bond acceptors (Lipinski definition) is 6. The van der Waals surface area contributed by atoms with Crippen LogP contribution in [0.15, 0.2) is 18.2 Å². The number of carbonyl (C=O) groups excluding carboxylic acids is 2. The van der Waals surface area contributed by atoms with Crippen molar-refractivity contribution in [3.8, 4) is 5.75 Å². The fourth-order valence-electron chi connectivity index (χ4n) is 3.77. The first-order chi connectivity index (χ1) is 14.9. The van der Waals surface area contributed by atoms with Crippen molar-refractivity contribution in [3.05, 3.63) is 28.8 Å². The van der Waals surface area contributed by atoms with E-state index in [-0.39, 0.29) is 31.4 Å². The summed E-state index contributed by atoms with van der Waals surface area (Å²) in [5.74, 6) is 0.604. The van der Waals surface area contributed by atoms with E-state index in [0.717, 1.165) is 5.56 Å². The summed E-state index contributed by atoms with van der Waals surface area (Å²) in [4.78, 5) is 29.2. The number of amides is 2. The Balaban J connectivity index is 1.74. The Hall–Kier alpha value is -1.87. The van der Waals surface area contributed by atoms with Crippen LogP contribution in [0, 0.1) is 6.92 Å². The van der Waals surface area contributed by atoms with E-state index in [4.69, 9.17) is 30.5 Å². The zero-order valence-electron chi connectivity index (χ0n) is 18.2. The fourth-order valence-corrected chi connectivity index (χ4v) is 3.89. The van der Waals surface area contributed by atoms with Crippen LogP contribution in [0.4, 0.5) is 0 Å². The van der Waals surface area contributed by atoms with Gasteiger partial charge < -0.3 is 28.7 Å². The molecule has 8 nitrogen and oxygen atoms in total. The monoisotopic (exact) mass is 454 g/mol. The Morgan fingerprint density at radius 3 is 2.58 bits per heavy atom. The third-order valence-electron chi connectivity index (χ3n) is 5.59. The van der Waals surface area contributed by atoms with E-state index in [1.54, 1.807) is 29.0 Å². The van der Waals surface area contributed by atoms with Gasteiger partial charge in [0.25, 0.3) is 0 Å². The number of ether oxygens (including phenoxy) is 4. The van der Waals surface area contributed by atoms with Gasteiger partial charge in [0.05, 0.1) is 45.8 Å². The Bertz CT molecular complexity index is 770. The minimum Gasteiger partial charge on any atom is -0.490 e. The van der Waals surface area contributed by atoms with Crippen molar-refractivity contribution in [1.29, 1.82) is 0 Å². The second-order valence-corrected chi connectivity index (χ2v) is 8.37. The Kier molecular flexibility index (Phi) is 8.54. The topological polar surface area (TPSA) is 77.5 Å². The molecule has 2 fully saturated rings. The molecular formula is C22H31ClN2O6. The number of methoxy groups -OCH3 is 1. The number of aryl methyl sites for hydroxylation is 1. The van der Waals surface area contributed by atoms with Crippen LogP contribution >= 0.6 is 11.6 Å². The largest absolute Gasteiger partial charge is 0.490 e. The Morgan fingerprint density at radius 1 is 1.13 bits per heavy atom. The van der Waals surface area contributed by atoms with Crippen molar-refractivity contribution in [2.75, 3.05) is 66.3 Å². The van der Waals surface area contributed by atoms with Crippen LogP contribution in [0.5, 0.6) is 5.75 Å². The number of rotatable bonds is 8. The lowest BCUT2D eigenvalue weighted by molar-refractivity contribution is -0.167. The molecule has 2 amide bonds. The molecule has 0 aromatic heterocycles.